The molecule has 1 saturated heterocycles. The third-order valence-corrected chi connectivity index (χ3v) is 5.08. The Balaban J connectivity index is 1.70. The molecule has 0 bridgehead atoms. The number of anilines is 1. The third-order valence-electron chi connectivity index (χ3n) is 5.08. The van der Waals surface area contributed by atoms with Crippen LogP contribution < -0.4 is 25.4 Å². The smallest absolute Gasteiger partial charge is 0.338 e. The third kappa shape index (κ3) is 4.57. The number of ether oxygens (including phenoxy) is 1. The Morgan fingerprint density at radius 3 is 2.74 bits per heavy atom. The van der Waals surface area contributed by atoms with Gasteiger partial charge in [-0.05, 0) is 19.4 Å². The van der Waals surface area contributed by atoms with Crippen molar-refractivity contribution in [1.82, 2.24) is 10.6 Å². The van der Waals surface area contributed by atoms with Crippen LogP contribution in [0.5, 0.6) is 0 Å². The van der Waals surface area contributed by atoms with Crippen LogP contribution >= 0.6 is 0 Å². The van der Waals surface area contributed by atoms with Crippen molar-refractivity contribution in [1.29, 1.82) is 0 Å². The van der Waals surface area contributed by atoms with Crippen LogP contribution in [-0.2, 0) is 9.53 Å². The quantitative estimate of drug-likeness (QED) is 0.563. The summed E-state index contributed by atoms with van der Waals surface area (Å²) in [6.45, 7) is 8.38. The van der Waals surface area contributed by atoms with Crippen LogP contribution in [0.25, 0.3) is 0 Å². The first-order chi connectivity index (χ1) is 13.1. The van der Waals surface area contributed by atoms with Gasteiger partial charge in [0.1, 0.15) is 32.7 Å². The Morgan fingerprint density at radius 1 is 1.33 bits per heavy atom. The van der Waals surface area contributed by atoms with E-state index >= 15 is 0 Å². The largest absolute Gasteiger partial charge is 0.463 e. The van der Waals surface area contributed by atoms with Crippen molar-refractivity contribution in [2.45, 2.75) is 26.3 Å². The Bertz CT molecular complexity index is 699. The maximum absolute atomic E-state index is 12.5. The number of piperazine rings is 1. The molecule has 0 saturated carbocycles. The summed E-state index contributed by atoms with van der Waals surface area (Å²) in [5.74, 6) is 0.771. The number of aromatic nitrogens is 1. The molecular formula is C19H29N5O3+2. The second kappa shape index (κ2) is 8.85. The highest BCUT2D eigenvalue weighted by atomic mass is 16.5. The molecule has 0 unspecified atom stereocenters. The predicted molar refractivity (Wildman–Crippen MR) is 100 cm³/mol. The first kappa shape index (κ1) is 19.2. The van der Waals surface area contributed by atoms with Crippen molar-refractivity contribution in [3.63, 3.8) is 0 Å². The van der Waals surface area contributed by atoms with Gasteiger partial charge in [0.15, 0.2) is 0 Å². The Kier molecular flexibility index (Phi) is 6.28. The van der Waals surface area contributed by atoms with Gasteiger partial charge in [0, 0.05) is 6.07 Å². The van der Waals surface area contributed by atoms with Crippen molar-refractivity contribution in [2.75, 3.05) is 44.2 Å². The summed E-state index contributed by atoms with van der Waals surface area (Å²) in [5.41, 5.74) is 1.25. The minimum absolute atomic E-state index is 0.248. The molecule has 3 heterocycles. The lowest BCUT2D eigenvalue weighted by atomic mass is 10.00. The average Bonchev–Trinajstić information content (AvgIpc) is 2.69. The SMILES string of the molecule is CCOC(=O)C1=C(C[NH+]2CCN(c3cccc[nH+]3)CC2)NC(=O)N[C@H]1CC. The van der Waals surface area contributed by atoms with Crippen LogP contribution in [0.15, 0.2) is 35.7 Å². The van der Waals surface area contributed by atoms with Crippen LogP contribution in [-0.4, -0.2) is 57.4 Å². The normalized spacial score (nSPS) is 20.9. The van der Waals surface area contributed by atoms with Gasteiger partial charge in [-0.2, -0.15) is 0 Å². The zero-order valence-corrected chi connectivity index (χ0v) is 16.0. The number of carbonyl (C=O) groups excluding carboxylic acids is 2. The predicted octanol–water partition coefficient (Wildman–Crippen LogP) is -0.886. The number of amides is 2. The second-order valence-corrected chi connectivity index (χ2v) is 6.83. The summed E-state index contributed by atoms with van der Waals surface area (Å²) in [6, 6.07) is 5.52. The van der Waals surface area contributed by atoms with E-state index in [0.717, 1.165) is 32.0 Å². The minimum atomic E-state index is -0.344. The molecule has 2 amide bonds. The van der Waals surface area contributed by atoms with Crippen LogP contribution in [0.1, 0.15) is 20.3 Å². The standard InChI is InChI=1S/C19H27N5O3/c1-3-14-17(18(25)27-4-2)15(22-19(26)21-14)13-23-9-11-24(12-10-23)16-7-5-6-8-20-16/h5-8,14H,3-4,9-13H2,1-2H3,(H2,21,22,26)/p+2/t14-/m0/s1. The van der Waals surface area contributed by atoms with E-state index in [2.05, 4.69) is 26.6 Å². The van der Waals surface area contributed by atoms with E-state index in [9.17, 15) is 9.59 Å². The van der Waals surface area contributed by atoms with E-state index in [-0.39, 0.29) is 18.0 Å². The van der Waals surface area contributed by atoms with Crippen LogP contribution in [0.3, 0.4) is 0 Å². The fourth-order valence-corrected chi connectivity index (χ4v) is 3.67. The first-order valence-electron chi connectivity index (χ1n) is 9.65. The molecule has 1 atom stereocenters. The molecule has 3 rings (SSSR count). The monoisotopic (exact) mass is 375 g/mol. The maximum atomic E-state index is 12.5. The Hall–Kier alpha value is -2.61. The molecule has 4 N–H and O–H groups in total. The zero-order chi connectivity index (χ0) is 19.2. The van der Waals surface area contributed by atoms with E-state index in [1.165, 1.54) is 4.90 Å². The van der Waals surface area contributed by atoms with Crippen LogP contribution in [0, 0.1) is 0 Å². The minimum Gasteiger partial charge on any atom is -0.463 e. The molecule has 1 fully saturated rings. The fraction of sp³-hybridized carbons (Fsp3) is 0.526. The molecule has 0 spiro atoms. The van der Waals surface area contributed by atoms with E-state index in [4.69, 9.17) is 4.74 Å². The Morgan fingerprint density at radius 2 is 2.11 bits per heavy atom. The number of carbonyl (C=O) groups is 2. The highest BCUT2D eigenvalue weighted by Gasteiger charge is 2.34. The number of hydrogen-bond donors (Lipinski definition) is 3. The van der Waals surface area contributed by atoms with Crippen LogP contribution in [0.4, 0.5) is 10.6 Å². The topological polar surface area (TPSA) is 89.2 Å². The van der Waals surface area contributed by atoms with Gasteiger partial charge in [0.05, 0.1) is 30.1 Å². The first-order valence-corrected chi connectivity index (χ1v) is 9.65. The number of H-pyrrole nitrogens is 1. The fourth-order valence-electron chi connectivity index (χ4n) is 3.67. The summed E-state index contributed by atoms with van der Waals surface area (Å²) in [5, 5.41) is 5.67. The average molecular weight is 375 g/mol. The molecule has 1 aromatic heterocycles. The van der Waals surface area contributed by atoms with Crippen molar-refractivity contribution in [2.24, 2.45) is 0 Å². The number of pyridine rings is 1. The molecular weight excluding hydrogens is 346 g/mol. The van der Waals surface area contributed by atoms with E-state index in [0.29, 0.717) is 30.8 Å². The number of hydrogen-bond acceptors (Lipinski definition) is 4. The lowest BCUT2D eigenvalue weighted by Gasteiger charge is -2.32. The number of quaternary nitrogens is 1. The van der Waals surface area contributed by atoms with Gasteiger partial charge < -0.3 is 20.3 Å². The van der Waals surface area contributed by atoms with E-state index < -0.39 is 0 Å². The summed E-state index contributed by atoms with van der Waals surface area (Å²) in [6.07, 6.45) is 2.58. The van der Waals surface area contributed by atoms with Crippen LogP contribution in [0.2, 0.25) is 0 Å². The molecule has 0 aromatic carbocycles. The van der Waals surface area contributed by atoms with Gasteiger partial charge >= 0.3 is 12.0 Å². The summed E-state index contributed by atoms with van der Waals surface area (Å²) in [7, 11) is 0. The molecule has 2 aliphatic heterocycles. The summed E-state index contributed by atoms with van der Waals surface area (Å²) < 4.78 is 5.23. The number of nitrogens with one attached hydrogen (secondary N) is 4. The zero-order valence-electron chi connectivity index (χ0n) is 16.0. The maximum Gasteiger partial charge on any atom is 0.338 e. The molecule has 146 valence electrons. The number of aromatic amines is 1. The molecule has 0 radical (unpaired) electrons. The Labute approximate surface area is 159 Å². The van der Waals surface area contributed by atoms with E-state index in [1.54, 1.807) is 6.92 Å². The highest BCUT2D eigenvalue weighted by molar-refractivity contribution is 5.94. The molecule has 8 heteroatoms. The number of nitrogens with zero attached hydrogens (tertiary/aromatic N) is 1. The molecule has 0 aliphatic carbocycles. The van der Waals surface area contributed by atoms with Gasteiger partial charge in [-0.25, -0.2) is 14.6 Å². The highest BCUT2D eigenvalue weighted by Crippen LogP contribution is 2.16. The molecule has 8 nitrogen and oxygen atoms in total. The van der Waals surface area contributed by atoms with Crippen molar-refractivity contribution >= 4 is 17.8 Å². The second-order valence-electron chi connectivity index (χ2n) is 6.83. The van der Waals surface area contributed by atoms with Gasteiger partial charge in [0.2, 0.25) is 0 Å². The van der Waals surface area contributed by atoms with Crippen molar-refractivity contribution in [3.05, 3.63) is 35.7 Å². The summed E-state index contributed by atoms with van der Waals surface area (Å²) in [4.78, 5) is 31.4. The van der Waals surface area contributed by atoms with Crippen molar-refractivity contribution in [3.8, 4) is 0 Å². The lowest BCUT2D eigenvalue weighted by Crippen LogP contribution is -3.15. The van der Waals surface area contributed by atoms with Gasteiger partial charge in [0.25, 0.3) is 5.82 Å². The molecule has 2 aliphatic rings. The van der Waals surface area contributed by atoms with Gasteiger partial charge in [-0.3, -0.25) is 4.90 Å². The van der Waals surface area contributed by atoms with Crippen molar-refractivity contribution < 1.29 is 24.2 Å². The van der Waals surface area contributed by atoms with Gasteiger partial charge in [-0.15, -0.1) is 0 Å². The summed E-state index contributed by atoms with van der Waals surface area (Å²) >= 11 is 0. The molecule has 27 heavy (non-hydrogen) atoms. The lowest BCUT2D eigenvalue weighted by molar-refractivity contribution is -0.896. The number of esters is 1. The molecule has 1 aromatic rings. The van der Waals surface area contributed by atoms with E-state index in [1.807, 2.05) is 25.3 Å². The van der Waals surface area contributed by atoms with Gasteiger partial charge in [-0.1, -0.05) is 13.0 Å². The number of rotatable bonds is 6. The number of urea groups is 1.